The lowest BCUT2D eigenvalue weighted by atomic mass is 9.73. The molecular formula is C14H20BrN. The molecule has 0 spiro atoms. The molecule has 1 fully saturated rings. The van der Waals surface area contributed by atoms with Gasteiger partial charge in [0.15, 0.2) is 0 Å². The molecule has 1 aromatic carbocycles. The minimum atomic E-state index is 0.328. The Morgan fingerprint density at radius 2 is 2.19 bits per heavy atom. The van der Waals surface area contributed by atoms with Crippen LogP contribution in [0.1, 0.15) is 31.7 Å². The van der Waals surface area contributed by atoms with Crippen LogP contribution >= 0.6 is 15.9 Å². The van der Waals surface area contributed by atoms with Crippen molar-refractivity contribution in [2.45, 2.75) is 31.6 Å². The SMILES string of the molecule is CNCC1(c2ccccc2Br)CCCC1C. The van der Waals surface area contributed by atoms with Crippen molar-refractivity contribution in [3.05, 3.63) is 34.3 Å². The van der Waals surface area contributed by atoms with Gasteiger partial charge in [0.1, 0.15) is 0 Å². The van der Waals surface area contributed by atoms with Gasteiger partial charge < -0.3 is 5.32 Å². The maximum atomic E-state index is 3.71. The molecule has 1 aliphatic carbocycles. The predicted octanol–water partition coefficient (Wildman–Crippen LogP) is 3.73. The molecule has 1 nitrogen and oxygen atoms in total. The lowest BCUT2D eigenvalue weighted by Gasteiger charge is -2.35. The van der Waals surface area contributed by atoms with Crippen LogP contribution in [-0.4, -0.2) is 13.6 Å². The Hall–Kier alpha value is -0.340. The second-order valence-corrected chi connectivity index (χ2v) is 5.81. The molecule has 0 radical (unpaired) electrons. The van der Waals surface area contributed by atoms with Crippen LogP contribution in [0, 0.1) is 5.92 Å². The van der Waals surface area contributed by atoms with Crippen molar-refractivity contribution >= 4 is 15.9 Å². The fourth-order valence-corrected chi connectivity index (χ4v) is 3.86. The zero-order valence-electron chi connectivity index (χ0n) is 10.1. The zero-order valence-corrected chi connectivity index (χ0v) is 11.7. The van der Waals surface area contributed by atoms with Gasteiger partial charge in [-0.25, -0.2) is 0 Å². The van der Waals surface area contributed by atoms with Crippen molar-refractivity contribution in [1.82, 2.24) is 5.32 Å². The number of likely N-dealkylation sites (N-methyl/N-ethyl adjacent to an activating group) is 1. The highest BCUT2D eigenvalue weighted by Gasteiger charge is 2.41. The van der Waals surface area contributed by atoms with Crippen LogP contribution in [0.15, 0.2) is 28.7 Å². The van der Waals surface area contributed by atoms with Crippen LogP contribution < -0.4 is 5.32 Å². The van der Waals surface area contributed by atoms with Crippen LogP contribution in [0.5, 0.6) is 0 Å². The van der Waals surface area contributed by atoms with Gasteiger partial charge in [-0.3, -0.25) is 0 Å². The molecule has 16 heavy (non-hydrogen) atoms. The van der Waals surface area contributed by atoms with Gasteiger partial charge in [0.05, 0.1) is 0 Å². The Balaban J connectivity index is 2.43. The van der Waals surface area contributed by atoms with Gasteiger partial charge in [0, 0.05) is 16.4 Å². The van der Waals surface area contributed by atoms with E-state index >= 15 is 0 Å². The van der Waals surface area contributed by atoms with E-state index in [2.05, 4.69) is 59.5 Å². The molecule has 1 aliphatic rings. The first-order valence-corrected chi connectivity index (χ1v) is 6.89. The summed E-state index contributed by atoms with van der Waals surface area (Å²) in [5.41, 5.74) is 1.81. The highest BCUT2D eigenvalue weighted by atomic mass is 79.9. The Morgan fingerprint density at radius 1 is 1.44 bits per heavy atom. The van der Waals surface area contributed by atoms with Crippen LogP contribution in [0.3, 0.4) is 0 Å². The average molecular weight is 282 g/mol. The molecule has 2 atom stereocenters. The molecule has 0 heterocycles. The Morgan fingerprint density at radius 3 is 2.75 bits per heavy atom. The highest BCUT2D eigenvalue weighted by molar-refractivity contribution is 9.10. The molecule has 0 saturated heterocycles. The number of hydrogen-bond acceptors (Lipinski definition) is 1. The largest absolute Gasteiger partial charge is 0.319 e. The Labute approximate surface area is 107 Å². The molecule has 88 valence electrons. The van der Waals surface area contributed by atoms with Crippen molar-refractivity contribution in [1.29, 1.82) is 0 Å². The van der Waals surface area contributed by atoms with E-state index in [-0.39, 0.29) is 0 Å². The summed E-state index contributed by atoms with van der Waals surface area (Å²) in [6.45, 7) is 3.47. The highest BCUT2D eigenvalue weighted by Crippen LogP contribution is 2.47. The fraction of sp³-hybridized carbons (Fsp3) is 0.571. The van der Waals surface area contributed by atoms with E-state index in [4.69, 9.17) is 0 Å². The molecule has 2 rings (SSSR count). The molecule has 2 heteroatoms. The maximum absolute atomic E-state index is 3.71. The van der Waals surface area contributed by atoms with E-state index < -0.39 is 0 Å². The lowest BCUT2D eigenvalue weighted by Crippen LogP contribution is -2.39. The lowest BCUT2D eigenvalue weighted by molar-refractivity contribution is 0.325. The van der Waals surface area contributed by atoms with E-state index in [1.165, 1.54) is 29.3 Å². The number of halogens is 1. The number of benzene rings is 1. The molecule has 1 saturated carbocycles. The summed E-state index contributed by atoms with van der Waals surface area (Å²) in [5, 5.41) is 3.39. The summed E-state index contributed by atoms with van der Waals surface area (Å²) in [4.78, 5) is 0. The Bertz CT molecular complexity index is 364. The third kappa shape index (κ3) is 1.93. The normalized spacial score (nSPS) is 29.6. The third-order valence-electron chi connectivity index (χ3n) is 4.11. The molecule has 0 aliphatic heterocycles. The third-order valence-corrected chi connectivity index (χ3v) is 4.80. The van der Waals surface area contributed by atoms with Gasteiger partial charge in [-0.1, -0.05) is 47.5 Å². The van der Waals surface area contributed by atoms with Gasteiger partial charge in [-0.2, -0.15) is 0 Å². The smallest absolute Gasteiger partial charge is 0.0213 e. The molecule has 1 N–H and O–H groups in total. The second-order valence-electron chi connectivity index (χ2n) is 4.96. The predicted molar refractivity (Wildman–Crippen MR) is 72.8 cm³/mol. The summed E-state index contributed by atoms with van der Waals surface area (Å²) >= 11 is 3.71. The molecule has 1 aromatic rings. The van der Waals surface area contributed by atoms with Gasteiger partial charge in [0.25, 0.3) is 0 Å². The van der Waals surface area contributed by atoms with E-state index in [9.17, 15) is 0 Å². The van der Waals surface area contributed by atoms with Gasteiger partial charge in [-0.05, 0) is 37.4 Å². The van der Waals surface area contributed by atoms with Crippen LogP contribution in [-0.2, 0) is 5.41 Å². The summed E-state index contributed by atoms with van der Waals surface area (Å²) < 4.78 is 1.26. The van der Waals surface area contributed by atoms with Gasteiger partial charge in [-0.15, -0.1) is 0 Å². The maximum Gasteiger partial charge on any atom is 0.0213 e. The van der Waals surface area contributed by atoms with Crippen molar-refractivity contribution in [3.8, 4) is 0 Å². The number of nitrogens with one attached hydrogen (secondary N) is 1. The number of hydrogen-bond donors (Lipinski definition) is 1. The topological polar surface area (TPSA) is 12.0 Å². The van der Waals surface area contributed by atoms with Crippen LogP contribution in [0.25, 0.3) is 0 Å². The summed E-state index contributed by atoms with van der Waals surface area (Å²) in [6.07, 6.45) is 4.00. The zero-order chi connectivity index (χ0) is 11.6. The molecule has 0 bridgehead atoms. The minimum absolute atomic E-state index is 0.328. The molecule has 0 amide bonds. The first-order chi connectivity index (χ1) is 7.70. The Kier molecular flexibility index (Phi) is 3.70. The first kappa shape index (κ1) is 12.1. The van der Waals surface area contributed by atoms with Crippen LogP contribution in [0.2, 0.25) is 0 Å². The average Bonchev–Trinajstić information content (AvgIpc) is 2.62. The van der Waals surface area contributed by atoms with Gasteiger partial charge >= 0.3 is 0 Å². The minimum Gasteiger partial charge on any atom is -0.319 e. The quantitative estimate of drug-likeness (QED) is 0.890. The van der Waals surface area contributed by atoms with Gasteiger partial charge in [0.2, 0.25) is 0 Å². The molecule has 2 unspecified atom stereocenters. The van der Waals surface area contributed by atoms with E-state index in [0.29, 0.717) is 5.41 Å². The summed E-state index contributed by atoms with van der Waals surface area (Å²) in [5.74, 6) is 0.763. The van der Waals surface area contributed by atoms with Crippen molar-refractivity contribution in [2.24, 2.45) is 5.92 Å². The summed E-state index contributed by atoms with van der Waals surface area (Å²) in [6, 6.07) is 8.70. The first-order valence-electron chi connectivity index (χ1n) is 6.10. The summed E-state index contributed by atoms with van der Waals surface area (Å²) in [7, 11) is 2.06. The van der Waals surface area contributed by atoms with Crippen molar-refractivity contribution in [2.75, 3.05) is 13.6 Å². The standard InChI is InChI=1S/C14H20BrN/c1-11-6-5-9-14(11,10-16-2)12-7-3-4-8-13(12)15/h3-4,7-8,11,16H,5-6,9-10H2,1-2H3. The van der Waals surface area contributed by atoms with Crippen molar-refractivity contribution < 1.29 is 0 Å². The monoisotopic (exact) mass is 281 g/mol. The second kappa shape index (κ2) is 4.89. The molecular weight excluding hydrogens is 262 g/mol. The van der Waals surface area contributed by atoms with E-state index in [1.54, 1.807) is 0 Å². The van der Waals surface area contributed by atoms with E-state index in [0.717, 1.165) is 12.5 Å². The van der Waals surface area contributed by atoms with E-state index in [1.807, 2.05) is 0 Å². The van der Waals surface area contributed by atoms with Crippen molar-refractivity contribution in [3.63, 3.8) is 0 Å². The molecule has 0 aromatic heterocycles. The number of rotatable bonds is 3. The van der Waals surface area contributed by atoms with Crippen LogP contribution in [0.4, 0.5) is 0 Å². The fourth-order valence-electron chi connectivity index (χ4n) is 3.18.